The minimum Gasteiger partial charge on any atom is -0.481 e. The second-order valence-electron chi connectivity index (χ2n) is 8.31. The van der Waals surface area contributed by atoms with Crippen molar-refractivity contribution in [3.63, 3.8) is 0 Å². The molecule has 0 aliphatic carbocycles. The summed E-state index contributed by atoms with van der Waals surface area (Å²) in [6, 6.07) is 14.3. The van der Waals surface area contributed by atoms with Gasteiger partial charge in [-0.05, 0) is 47.4 Å². The van der Waals surface area contributed by atoms with E-state index in [2.05, 4.69) is 25.3 Å². The quantitative estimate of drug-likeness (QED) is 0.314. The lowest BCUT2D eigenvalue weighted by Gasteiger charge is -2.42. The van der Waals surface area contributed by atoms with Crippen LogP contribution in [0.1, 0.15) is 39.5 Å². The molecule has 0 saturated carbocycles. The van der Waals surface area contributed by atoms with Crippen LogP contribution in [0.3, 0.4) is 0 Å². The van der Waals surface area contributed by atoms with Gasteiger partial charge < -0.3 is 25.2 Å². The Morgan fingerprint density at radius 1 is 1.06 bits per heavy atom. The van der Waals surface area contributed by atoms with Crippen LogP contribution in [-0.4, -0.2) is 63.3 Å². The zero-order valence-corrected chi connectivity index (χ0v) is 18.8. The van der Waals surface area contributed by atoms with E-state index in [9.17, 15) is 20.1 Å². The van der Waals surface area contributed by atoms with Gasteiger partial charge in [0.05, 0.1) is 31.8 Å². The Morgan fingerprint density at radius 3 is 2.42 bits per heavy atom. The molecule has 4 N–H and O–H groups in total. The topological polar surface area (TPSA) is 107 Å². The maximum absolute atomic E-state index is 10.6. The van der Waals surface area contributed by atoms with Crippen LogP contribution in [0.5, 0.6) is 0 Å². The van der Waals surface area contributed by atoms with E-state index in [1.807, 2.05) is 30.3 Å². The van der Waals surface area contributed by atoms with E-state index in [4.69, 9.17) is 9.84 Å². The van der Waals surface area contributed by atoms with Crippen LogP contribution in [-0.2, 0) is 22.6 Å². The fourth-order valence-corrected chi connectivity index (χ4v) is 6.43. The maximum atomic E-state index is 10.6. The standard InChI is InChI=1S/C24H32O6S/c1-15-3-8-18(24-23(29)22(28)20(25)14-31(24)2)12-19(15)11-16-4-6-17(7-5-16)13-30-10-9-21(26)27/h3-8,12,20,22-25,28-29,31H,9-11,13-14H2,1-2H3,(H,26,27)/t20-,22-,23-,24+/m1/s1. The summed E-state index contributed by atoms with van der Waals surface area (Å²) in [7, 11) is -0.645. The number of rotatable bonds is 8. The highest BCUT2D eigenvalue weighted by Gasteiger charge is 2.40. The van der Waals surface area contributed by atoms with Crippen molar-refractivity contribution in [2.75, 3.05) is 18.6 Å². The first-order valence-electron chi connectivity index (χ1n) is 10.5. The highest BCUT2D eigenvalue weighted by molar-refractivity contribution is 8.16. The Kier molecular flexibility index (Phi) is 8.13. The van der Waals surface area contributed by atoms with E-state index in [0.717, 1.165) is 28.7 Å². The van der Waals surface area contributed by atoms with Gasteiger partial charge in [0.15, 0.2) is 0 Å². The summed E-state index contributed by atoms with van der Waals surface area (Å²) in [5.41, 5.74) is 5.48. The monoisotopic (exact) mass is 448 g/mol. The fourth-order valence-electron chi connectivity index (χ4n) is 4.03. The van der Waals surface area contributed by atoms with E-state index in [-0.39, 0.29) is 18.3 Å². The molecule has 1 fully saturated rings. The smallest absolute Gasteiger partial charge is 0.305 e. The van der Waals surface area contributed by atoms with Crippen LogP contribution in [0, 0.1) is 6.92 Å². The van der Waals surface area contributed by atoms with Crippen LogP contribution in [0.25, 0.3) is 0 Å². The predicted octanol–water partition coefficient (Wildman–Crippen LogP) is 2.35. The normalized spacial score (nSPS) is 27.2. The molecule has 0 spiro atoms. The Hall–Kier alpha value is -1.90. The molecule has 0 radical (unpaired) electrons. The van der Waals surface area contributed by atoms with Gasteiger partial charge in [-0.3, -0.25) is 4.79 Å². The van der Waals surface area contributed by atoms with Gasteiger partial charge in [-0.2, -0.15) is 0 Å². The first kappa shape index (κ1) is 23.8. The number of carboxylic acids is 1. The molecule has 1 aliphatic rings. The van der Waals surface area contributed by atoms with Gasteiger partial charge in [0.25, 0.3) is 0 Å². The fraction of sp³-hybridized carbons (Fsp3) is 0.458. The number of hydrogen-bond acceptors (Lipinski definition) is 5. The summed E-state index contributed by atoms with van der Waals surface area (Å²) in [6.45, 7) is 2.64. The molecule has 7 heteroatoms. The summed E-state index contributed by atoms with van der Waals surface area (Å²) < 4.78 is 5.39. The van der Waals surface area contributed by atoms with Gasteiger partial charge in [0.1, 0.15) is 6.10 Å². The number of ether oxygens (including phenoxy) is 1. The highest BCUT2D eigenvalue weighted by atomic mass is 32.2. The minimum absolute atomic E-state index is 0.000663. The van der Waals surface area contributed by atoms with Crippen molar-refractivity contribution in [2.24, 2.45) is 0 Å². The van der Waals surface area contributed by atoms with Gasteiger partial charge >= 0.3 is 5.97 Å². The molecule has 1 aliphatic heterocycles. The summed E-state index contributed by atoms with van der Waals surface area (Å²) in [6.07, 6.45) is -0.127. The molecule has 0 aromatic heterocycles. The third-order valence-electron chi connectivity index (χ3n) is 5.88. The molecule has 3 rings (SSSR count). The maximum Gasteiger partial charge on any atom is 0.305 e. The third-order valence-corrected chi connectivity index (χ3v) is 8.38. The Bertz CT molecular complexity index is 884. The first-order valence-corrected chi connectivity index (χ1v) is 12.5. The zero-order chi connectivity index (χ0) is 22.5. The van der Waals surface area contributed by atoms with Crippen molar-refractivity contribution in [1.82, 2.24) is 0 Å². The zero-order valence-electron chi connectivity index (χ0n) is 17.9. The second-order valence-corrected chi connectivity index (χ2v) is 10.7. The number of benzene rings is 2. The number of aliphatic hydroxyl groups is 3. The van der Waals surface area contributed by atoms with E-state index in [1.54, 1.807) is 0 Å². The second kappa shape index (κ2) is 10.6. The largest absolute Gasteiger partial charge is 0.481 e. The molecule has 2 aromatic rings. The van der Waals surface area contributed by atoms with Crippen LogP contribution in [0.2, 0.25) is 0 Å². The van der Waals surface area contributed by atoms with Gasteiger partial charge in [-0.25, -0.2) is 10.9 Å². The summed E-state index contributed by atoms with van der Waals surface area (Å²) >= 11 is 0. The molecule has 31 heavy (non-hydrogen) atoms. The predicted molar refractivity (Wildman–Crippen MR) is 123 cm³/mol. The lowest BCUT2D eigenvalue weighted by molar-refractivity contribution is -0.138. The summed E-state index contributed by atoms with van der Waals surface area (Å²) in [5.74, 6) is -0.340. The molecule has 2 aromatic carbocycles. The molecule has 0 amide bonds. The summed E-state index contributed by atoms with van der Waals surface area (Å²) in [5, 5.41) is 39.2. The minimum atomic E-state index is -1.11. The molecular formula is C24H32O6S. The van der Waals surface area contributed by atoms with Crippen LogP contribution in [0.15, 0.2) is 42.5 Å². The average molecular weight is 449 g/mol. The van der Waals surface area contributed by atoms with Gasteiger partial charge in [0.2, 0.25) is 0 Å². The number of aliphatic hydroxyl groups excluding tert-OH is 3. The number of hydrogen-bond donors (Lipinski definition) is 5. The first-order chi connectivity index (χ1) is 14.8. The molecule has 1 unspecified atom stereocenters. The molecule has 170 valence electrons. The van der Waals surface area contributed by atoms with Crippen molar-refractivity contribution >= 4 is 16.9 Å². The molecule has 6 nitrogen and oxygen atoms in total. The summed E-state index contributed by atoms with van der Waals surface area (Å²) in [4.78, 5) is 10.5. The number of carboxylic acid groups (broad SMARTS) is 1. The van der Waals surface area contributed by atoms with Crippen LogP contribution < -0.4 is 0 Å². The molecule has 1 heterocycles. The lowest BCUT2D eigenvalue weighted by atomic mass is 9.93. The van der Waals surface area contributed by atoms with E-state index >= 15 is 0 Å². The van der Waals surface area contributed by atoms with Crippen molar-refractivity contribution < 1.29 is 30.0 Å². The van der Waals surface area contributed by atoms with Crippen molar-refractivity contribution in [3.05, 3.63) is 70.3 Å². The highest BCUT2D eigenvalue weighted by Crippen LogP contribution is 2.48. The van der Waals surface area contributed by atoms with Crippen LogP contribution >= 0.6 is 10.9 Å². The Labute approximate surface area is 185 Å². The lowest BCUT2D eigenvalue weighted by Crippen LogP contribution is -2.47. The van der Waals surface area contributed by atoms with Gasteiger partial charge in [-0.1, -0.05) is 42.5 Å². The van der Waals surface area contributed by atoms with Crippen molar-refractivity contribution in [3.8, 4) is 0 Å². The van der Waals surface area contributed by atoms with E-state index < -0.39 is 35.2 Å². The van der Waals surface area contributed by atoms with Gasteiger partial charge in [-0.15, -0.1) is 0 Å². The molecule has 0 bridgehead atoms. The number of carbonyl (C=O) groups is 1. The third kappa shape index (κ3) is 6.08. The number of thiol groups is 1. The Morgan fingerprint density at radius 2 is 1.74 bits per heavy atom. The van der Waals surface area contributed by atoms with Crippen molar-refractivity contribution in [2.45, 2.75) is 49.9 Å². The molecule has 5 atom stereocenters. The van der Waals surface area contributed by atoms with Crippen molar-refractivity contribution in [1.29, 1.82) is 0 Å². The average Bonchev–Trinajstić information content (AvgIpc) is 2.73. The van der Waals surface area contributed by atoms with E-state index in [1.165, 1.54) is 5.56 Å². The SMILES string of the molecule is Cc1ccc([C@H]2[C@H](O)[C@H](O)[C@H](O)C[SH]2C)cc1Cc1ccc(COCCC(=O)O)cc1. The number of aliphatic carboxylic acids is 1. The Balaban J connectivity index is 1.69. The molecular weight excluding hydrogens is 416 g/mol. The van der Waals surface area contributed by atoms with Gasteiger partial charge in [0, 0.05) is 11.0 Å². The van der Waals surface area contributed by atoms with Crippen LogP contribution in [0.4, 0.5) is 0 Å². The number of aryl methyl sites for hydroxylation is 1. The molecule has 1 saturated heterocycles. The van der Waals surface area contributed by atoms with E-state index in [0.29, 0.717) is 12.4 Å².